The SMILES string of the molecule is CCCCC/C=C\C/C=C\CCCCCCCCCC(=O)OCC(COCCCCCCCCCC)OC(=O)CCCCCCC. The highest BCUT2D eigenvalue weighted by atomic mass is 16.6. The van der Waals surface area contributed by atoms with Crippen LogP contribution in [0.2, 0.25) is 0 Å². The van der Waals surface area contributed by atoms with Crippen molar-refractivity contribution in [3.05, 3.63) is 24.3 Å². The van der Waals surface area contributed by atoms with E-state index in [1.54, 1.807) is 0 Å². The van der Waals surface area contributed by atoms with Gasteiger partial charge in [0.1, 0.15) is 6.61 Å². The number of esters is 2. The normalized spacial score (nSPS) is 12.3. The standard InChI is InChI=1S/C41H76O5/c1-4-7-10-13-15-17-18-19-20-21-22-23-24-25-26-29-31-34-40(42)45-38-39(46-41(43)35-32-28-12-9-6-3)37-44-36-33-30-27-16-14-11-8-5-2/h15,17,19-20,39H,4-14,16,18,21-38H2,1-3H3/b17-15-,20-19-. The lowest BCUT2D eigenvalue weighted by atomic mass is 10.1. The molecule has 0 spiro atoms. The molecule has 0 aliphatic carbocycles. The fraction of sp³-hybridized carbons (Fsp3) is 0.854. The predicted octanol–water partition coefficient (Wildman–Crippen LogP) is 12.6. The Morgan fingerprint density at radius 1 is 0.478 bits per heavy atom. The molecule has 5 heteroatoms. The molecule has 0 radical (unpaired) electrons. The van der Waals surface area contributed by atoms with E-state index in [1.807, 2.05) is 0 Å². The van der Waals surface area contributed by atoms with E-state index in [2.05, 4.69) is 45.1 Å². The molecule has 0 bridgehead atoms. The summed E-state index contributed by atoms with van der Waals surface area (Å²) in [6, 6.07) is 0. The number of carbonyl (C=O) groups excluding carboxylic acids is 2. The summed E-state index contributed by atoms with van der Waals surface area (Å²) in [5, 5.41) is 0. The van der Waals surface area contributed by atoms with E-state index in [9.17, 15) is 9.59 Å². The first-order valence-corrected chi connectivity index (χ1v) is 19.9. The molecule has 5 nitrogen and oxygen atoms in total. The number of unbranched alkanes of at least 4 members (excludes halogenated alkanes) is 21. The van der Waals surface area contributed by atoms with Gasteiger partial charge in [0.15, 0.2) is 6.10 Å². The Balaban J connectivity index is 4.03. The topological polar surface area (TPSA) is 61.8 Å². The van der Waals surface area contributed by atoms with Crippen LogP contribution in [0.3, 0.4) is 0 Å². The van der Waals surface area contributed by atoms with Crippen molar-refractivity contribution in [2.45, 2.75) is 207 Å². The van der Waals surface area contributed by atoms with Crippen LogP contribution in [-0.2, 0) is 23.8 Å². The lowest BCUT2D eigenvalue weighted by Gasteiger charge is -2.18. The minimum absolute atomic E-state index is 0.0849. The fourth-order valence-corrected chi connectivity index (χ4v) is 5.48. The van der Waals surface area contributed by atoms with Gasteiger partial charge in [0.25, 0.3) is 0 Å². The van der Waals surface area contributed by atoms with Gasteiger partial charge in [-0.05, 0) is 51.4 Å². The number of hydrogen-bond acceptors (Lipinski definition) is 5. The van der Waals surface area contributed by atoms with E-state index in [0.717, 1.165) is 57.8 Å². The quantitative estimate of drug-likeness (QED) is 0.0384. The fourth-order valence-electron chi connectivity index (χ4n) is 5.48. The van der Waals surface area contributed by atoms with Crippen LogP contribution in [0, 0.1) is 0 Å². The molecule has 0 aromatic rings. The summed E-state index contributed by atoms with van der Waals surface area (Å²) < 4.78 is 17.1. The van der Waals surface area contributed by atoms with E-state index in [1.165, 1.54) is 109 Å². The second-order valence-electron chi connectivity index (χ2n) is 13.2. The van der Waals surface area contributed by atoms with E-state index in [-0.39, 0.29) is 25.2 Å². The molecule has 0 rings (SSSR count). The van der Waals surface area contributed by atoms with Crippen molar-refractivity contribution in [1.82, 2.24) is 0 Å². The third kappa shape index (κ3) is 35.2. The smallest absolute Gasteiger partial charge is 0.306 e. The van der Waals surface area contributed by atoms with Gasteiger partial charge < -0.3 is 14.2 Å². The third-order valence-electron chi connectivity index (χ3n) is 8.49. The van der Waals surface area contributed by atoms with E-state index < -0.39 is 6.10 Å². The summed E-state index contributed by atoms with van der Waals surface area (Å²) in [5.41, 5.74) is 0. The summed E-state index contributed by atoms with van der Waals surface area (Å²) in [6.45, 7) is 7.71. The van der Waals surface area contributed by atoms with Gasteiger partial charge in [-0.1, -0.05) is 161 Å². The van der Waals surface area contributed by atoms with Crippen LogP contribution in [0.1, 0.15) is 201 Å². The average Bonchev–Trinajstić information content (AvgIpc) is 3.05. The number of ether oxygens (including phenoxy) is 3. The number of carbonyl (C=O) groups is 2. The molecular weight excluding hydrogens is 572 g/mol. The van der Waals surface area contributed by atoms with Crippen molar-refractivity contribution in [2.75, 3.05) is 19.8 Å². The molecule has 0 amide bonds. The van der Waals surface area contributed by atoms with Gasteiger partial charge in [0.05, 0.1) is 6.61 Å². The van der Waals surface area contributed by atoms with E-state index in [0.29, 0.717) is 19.4 Å². The van der Waals surface area contributed by atoms with Gasteiger partial charge in [-0.25, -0.2) is 0 Å². The molecule has 1 atom stereocenters. The van der Waals surface area contributed by atoms with E-state index >= 15 is 0 Å². The number of hydrogen-bond donors (Lipinski definition) is 0. The van der Waals surface area contributed by atoms with Crippen LogP contribution >= 0.6 is 0 Å². The maximum absolute atomic E-state index is 12.4. The Labute approximate surface area is 286 Å². The van der Waals surface area contributed by atoms with Crippen LogP contribution in [0.15, 0.2) is 24.3 Å². The first-order valence-electron chi connectivity index (χ1n) is 19.9. The van der Waals surface area contributed by atoms with Crippen LogP contribution in [0.5, 0.6) is 0 Å². The predicted molar refractivity (Wildman–Crippen MR) is 196 cm³/mol. The van der Waals surface area contributed by atoms with Gasteiger partial charge in [-0.3, -0.25) is 9.59 Å². The van der Waals surface area contributed by atoms with Crippen LogP contribution in [0.25, 0.3) is 0 Å². The highest BCUT2D eigenvalue weighted by molar-refractivity contribution is 5.70. The molecule has 46 heavy (non-hydrogen) atoms. The number of allylic oxidation sites excluding steroid dienone is 4. The zero-order chi connectivity index (χ0) is 33.6. The molecular formula is C41H76O5. The van der Waals surface area contributed by atoms with Gasteiger partial charge >= 0.3 is 11.9 Å². The van der Waals surface area contributed by atoms with E-state index in [4.69, 9.17) is 14.2 Å². The molecule has 0 saturated carbocycles. The molecule has 0 aliphatic heterocycles. The molecule has 270 valence electrons. The van der Waals surface area contributed by atoms with Crippen molar-refractivity contribution in [2.24, 2.45) is 0 Å². The summed E-state index contributed by atoms with van der Waals surface area (Å²) in [5.74, 6) is -0.416. The second kappa shape index (κ2) is 37.8. The highest BCUT2D eigenvalue weighted by Crippen LogP contribution is 2.12. The van der Waals surface area contributed by atoms with Gasteiger partial charge in [0, 0.05) is 19.4 Å². The van der Waals surface area contributed by atoms with Crippen LogP contribution in [-0.4, -0.2) is 37.9 Å². The zero-order valence-corrected chi connectivity index (χ0v) is 30.8. The van der Waals surface area contributed by atoms with Gasteiger partial charge in [-0.15, -0.1) is 0 Å². The number of rotatable bonds is 36. The Hall–Kier alpha value is -1.62. The maximum Gasteiger partial charge on any atom is 0.306 e. The van der Waals surface area contributed by atoms with Crippen molar-refractivity contribution in [3.8, 4) is 0 Å². The summed E-state index contributed by atoms with van der Waals surface area (Å²) in [6.07, 6.45) is 40.5. The molecule has 0 saturated heterocycles. The molecule has 0 aromatic heterocycles. The third-order valence-corrected chi connectivity index (χ3v) is 8.49. The monoisotopic (exact) mass is 649 g/mol. The van der Waals surface area contributed by atoms with Crippen LogP contribution in [0.4, 0.5) is 0 Å². The lowest BCUT2D eigenvalue weighted by Crippen LogP contribution is -2.30. The van der Waals surface area contributed by atoms with Crippen molar-refractivity contribution < 1.29 is 23.8 Å². The van der Waals surface area contributed by atoms with Crippen molar-refractivity contribution in [3.63, 3.8) is 0 Å². The Morgan fingerprint density at radius 2 is 0.913 bits per heavy atom. The van der Waals surface area contributed by atoms with Gasteiger partial charge in [0.2, 0.25) is 0 Å². The molecule has 0 N–H and O–H groups in total. The minimum Gasteiger partial charge on any atom is -0.462 e. The summed E-state index contributed by atoms with van der Waals surface area (Å²) >= 11 is 0. The summed E-state index contributed by atoms with van der Waals surface area (Å²) in [4.78, 5) is 24.8. The lowest BCUT2D eigenvalue weighted by molar-refractivity contribution is -0.163. The first kappa shape index (κ1) is 44.4. The van der Waals surface area contributed by atoms with Crippen LogP contribution < -0.4 is 0 Å². The Kier molecular flexibility index (Phi) is 36.5. The zero-order valence-electron chi connectivity index (χ0n) is 30.8. The highest BCUT2D eigenvalue weighted by Gasteiger charge is 2.17. The Bertz CT molecular complexity index is 701. The molecule has 0 aliphatic rings. The van der Waals surface area contributed by atoms with Gasteiger partial charge in [-0.2, -0.15) is 0 Å². The molecule has 0 fully saturated rings. The minimum atomic E-state index is -0.525. The van der Waals surface area contributed by atoms with Crippen molar-refractivity contribution >= 4 is 11.9 Å². The summed E-state index contributed by atoms with van der Waals surface area (Å²) in [7, 11) is 0. The largest absolute Gasteiger partial charge is 0.462 e. The average molecular weight is 649 g/mol. The Morgan fingerprint density at radius 3 is 1.48 bits per heavy atom. The molecule has 0 aromatic carbocycles. The molecule has 0 heterocycles. The van der Waals surface area contributed by atoms with Crippen molar-refractivity contribution in [1.29, 1.82) is 0 Å². The second-order valence-corrected chi connectivity index (χ2v) is 13.2. The maximum atomic E-state index is 12.4. The molecule has 1 unspecified atom stereocenters. The first-order chi connectivity index (χ1) is 22.6.